The quantitative estimate of drug-likeness (QED) is 0.487. The highest BCUT2D eigenvalue weighted by molar-refractivity contribution is 7.78. The van der Waals surface area contributed by atoms with Gasteiger partial charge in [0.2, 0.25) is 0 Å². The van der Waals surface area contributed by atoms with Crippen LogP contribution in [0.25, 0.3) is 0 Å². The molecule has 0 aliphatic heterocycles. The predicted octanol–water partition coefficient (Wildman–Crippen LogP) is 5.06. The lowest BCUT2D eigenvalue weighted by Gasteiger charge is -2.27. The largest absolute Gasteiger partial charge is 0.497 e. The fourth-order valence-electron chi connectivity index (χ4n) is 2.95. The monoisotopic (exact) mass is 421 g/mol. The van der Waals surface area contributed by atoms with E-state index in [0.29, 0.717) is 22.7 Å². The first-order valence-electron chi connectivity index (χ1n) is 9.34. The van der Waals surface area contributed by atoms with Crippen LogP contribution >= 0.6 is 12.8 Å². The Morgan fingerprint density at radius 3 is 2.33 bits per heavy atom. The maximum absolute atomic E-state index is 13.2. The van der Waals surface area contributed by atoms with Crippen LogP contribution < -0.4 is 15.4 Å². The summed E-state index contributed by atoms with van der Waals surface area (Å²) in [5.41, 5.74) is 2.77. The maximum Gasteiger partial charge on any atom is 0.332 e. The third kappa shape index (κ3) is 5.12. The zero-order chi connectivity index (χ0) is 21.5. The first-order chi connectivity index (χ1) is 14.5. The Morgan fingerprint density at radius 1 is 0.933 bits per heavy atom. The average Bonchev–Trinajstić information content (AvgIpc) is 2.76. The maximum atomic E-state index is 13.2. The number of rotatable bonds is 6. The van der Waals surface area contributed by atoms with E-state index < -0.39 is 12.1 Å². The Hall–Kier alpha value is -3.45. The Morgan fingerprint density at radius 2 is 1.63 bits per heavy atom. The van der Waals surface area contributed by atoms with Gasteiger partial charge in [0.15, 0.2) is 0 Å². The van der Waals surface area contributed by atoms with Gasteiger partial charge in [-0.15, -0.1) is 0 Å². The number of urea groups is 1. The molecule has 6 nitrogen and oxygen atoms in total. The van der Waals surface area contributed by atoms with E-state index >= 15 is 0 Å². The smallest absolute Gasteiger partial charge is 0.332 e. The van der Waals surface area contributed by atoms with E-state index in [1.165, 1.54) is 0 Å². The van der Waals surface area contributed by atoms with E-state index in [-0.39, 0.29) is 5.91 Å². The molecule has 3 amide bonds. The molecule has 3 aromatic carbocycles. The number of carbonyl (C=O) groups excluding carboxylic acids is 2. The van der Waals surface area contributed by atoms with E-state index in [1.807, 2.05) is 49.4 Å². The number of nitrogens with zero attached hydrogens (tertiary/aromatic N) is 1. The molecule has 0 aromatic heterocycles. The van der Waals surface area contributed by atoms with Crippen LogP contribution in [0.2, 0.25) is 0 Å². The summed E-state index contributed by atoms with van der Waals surface area (Å²) in [5.74, 6) is 0.238. The van der Waals surface area contributed by atoms with Gasteiger partial charge in [-0.3, -0.25) is 9.10 Å². The van der Waals surface area contributed by atoms with E-state index in [2.05, 4.69) is 23.4 Å². The van der Waals surface area contributed by atoms with Crippen LogP contribution in [0.15, 0.2) is 78.9 Å². The molecule has 3 aromatic rings. The van der Waals surface area contributed by atoms with Crippen LogP contribution in [0.1, 0.15) is 17.2 Å². The number of nitrogens with one attached hydrogen (secondary N) is 2. The average molecular weight is 422 g/mol. The van der Waals surface area contributed by atoms with Crippen molar-refractivity contribution in [1.82, 2.24) is 4.31 Å². The normalized spacial score (nSPS) is 11.3. The second-order valence-electron chi connectivity index (χ2n) is 6.62. The highest BCUT2D eigenvalue weighted by atomic mass is 32.1. The molecule has 0 radical (unpaired) electrons. The fraction of sp³-hybridized carbons (Fsp3) is 0.130. The van der Waals surface area contributed by atoms with Crippen LogP contribution in [-0.2, 0) is 4.79 Å². The van der Waals surface area contributed by atoms with E-state index in [4.69, 9.17) is 4.74 Å². The van der Waals surface area contributed by atoms with Crippen molar-refractivity contribution in [2.24, 2.45) is 0 Å². The van der Waals surface area contributed by atoms with Crippen LogP contribution in [0.4, 0.5) is 16.2 Å². The highest BCUT2D eigenvalue weighted by Crippen LogP contribution is 2.27. The molecule has 0 spiro atoms. The number of hydrogen-bond donors (Lipinski definition) is 3. The SMILES string of the molecule is COc1cccc(NC(=O)N(S)C(C(=O)Nc2ccccc2C)c2ccccc2)c1. The first kappa shape index (κ1) is 21.3. The van der Waals surface area contributed by atoms with Gasteiger partial charge in [-0.25, -0.2) is 4.79 Å². The molecular formula is C23H23N3O3S. The molecule has 3 rings (SSSR count). The second-order valence-corrected chi connectivity index (χ2v) is 7.06. The van der Waals surface area contributed by atoms with E-state index in [1.54, 1.807) is 43.5 Å². The summed E-state index contributed by atoms with van der Waals surface area (Å²) in [6.45, 7) is 1.90. The van der Waals surface area contributed by atoms with Gasteiger partial charge in [0, 0.05) is 17.4 Å². The molecule has 1 atom stereocenters. The van der Waals surface area contributed by atoms with Crippen molar-refractivity contribution < 1.29 is 14.3 Å². The summed E-state index contributed by atoms with van der Waals surface area (Å²) in [4.78, 5) is 26.0. The van der Waals surface area contributed by atoms with Gasteiger partial charge in [-0.05, 0) is 36.2 Å². The fourth-order valence-corrected chi connectivity index (χ4v) is 3.24. The lowest BCUT2D eigenvalue weighted by atomic mass is 10.1. The van der Waals surface area contributed by atoms with Gasteiger partial charge in [0.25, 0.3) is 5.91 Å². The summed E-state index contributed by atoms with van der Waals surface area (Å²) < 4.78 is 6.27. The number of para-hydroxylation sites is 1. The molecule has 0 saturated heterocycles. The molecule has 0 saturated carbocycles. The van der Waals surface area contributed by atoms with Crippen LogP contribution in [0.3, 0.4) is 0 Å². The summed E-state index contributed by atoms with van der Waals surface area (Å²) >= 11 is 4.37. The molecular weight excluding hydrogens is 398 g/mol. The van der Waals surface area contributed by atoms with Gasteiger partial charge < -0.3 is 15.4 Å². The Kier molecular flexibility index (Phi) is 6.98. The summed E-state index contributed by atoms with van der Waals surface area (Å²) in [6, 6.07) is 21.9. The Bertz CT molecular complexity index is 1030. The van der Waals surface area contributed by atoms with Crippen molar-refractivity contribution in [2.45, 2.75) is 13.0 Å². The number of thiol groups is 1. The molecule has 154 valence electrons. The number of anilines is 2. The van der Waals surface area contributed by atoms with Crippen LogP contribution in [-0.4, -0.2) is 23.4 Å². The van der Waals surface area contributed by atoms with Crippen molar-refractivity contribution in [2.75, 3.05) is 17.7 Å². The number of carbonyl (C=O) groups is 2. The summed E-state index contributed by atoms with van der Waals surface area (Å²) in [7, 11) is 1.55. The number of aryl methyl sites for hydroxylation is 1. The lowest BCUT2D eigenvalue weighted by Crippen LogP contribution is -2.38. The zero-order valence-electron chi connectivity index (χ0n) is 16.7. The molecule has 0 bridgehead atoms. The minimum absolute atomic E-state index is 0.369. The van der Waals surface area contributed by atoms with Crippen LogP contribution in [0, 0.1) is 6.92 Å². The Balaban J connectivity index is 1.85. The molecule has 0 aliphatic carbocycles. The molecule has 0 fully saturated rings. The number of ether oxygens (including phenoxy) is 1. The molecule has 30 heavy (non-hydrogen) atoms. The van der Waals surface area contributed by atoms with E-state index in [9.17, 15) is 9.59 Å². The third-order valence-corrected chi connectivity index (χ3v) is 4.95. The second kappa shape index (κ2) is 9.84. The molecule has 0 heterocycles. The molecule has 1 unspecified atom stereocenters. The predicted molar refractivity (Wildman–Crippen MR) is 122 cm³/mol. The number of hydrogen-bond acceptors (Lipinski definition) is 4. The number of benzene rings is 3. The van der Waals surface area contributed by atoms with Gasteiger partial charge in [0.05, 0.1) is 7.11 Å². The van der Waals surface area contributed by atoms with Crippen molar-refractivity contribution in [1.29, 1.82) is 0 Å². The summed E-state index contributed by atoms with van der Waals surface area (Å²) in [6.07, 6.45) is 0. The van der Waals surface area contributed by atoms with Gasteiger partial charge in [0.1, 0.15) is 11.8 Å². The van der Waals surface area contributed by atoms with Gasteiger partial charge in [-0.1, -0.05) is 67.4 Å². The van der Waals surface area contributed by atoms with Crippen molar-refractivity contribution in [3.63, 3.8) is 0 Å². The first-order valence-corrected chi connectivity index (χ1v) is 9.74. The van der Waals surface area contributed by atoms with Crippen LogP contribution in [0.5, 0.6) is 5.75 Å². The highest BCUT2D eigenvalue weighted by Gasteiger charge is 2.30. The third-order valence-electron chi connectivity index (χ3n) is 4.54. The molecule has 2 N–H and O–H groups in total. The minimum atomic E-state index is -0.945. The molecule has 7 heteroatoms. The van der Waals surface area contributed by atoms with Crippen molar-refractivity contribution in [3.8, 4) is 5.75 Å². The van der Waals surface area contributed by atoms with Crippen molar-refractivity contribution >= 4 is 36.1 Å². The standard InChI is InChI=1S/C23H23N3O3S/c1-16-9-6-7-14-20(16)25-22(27)21(17-10-4-3-5-11-17)26(30)23(28)24-18-12-8-13-19(15-18)29-2/h3-15,21,30H,1-2H3,(H,24,28)(H,25,27). The minimum Gasteiger partial charge on any atom is -0.497 e. The molecule has 0 aliphatic rings. The zero-order valence-corrected chi connectivity index (χ0v) is 17.6. The number of amides is 3. The Labute approximate surface area is 181 Å². The van der Waals surface area contributed by atoms with Gasteiger partial charge in [-0.2, -0.15) is 0 Å². The number of methoxy groups -OCH3 is 1. The van der Waals surface area contributed by atoms with E-state index in [0.717, 1.165) is 9.87 Å². The topological polar surface area (TPSA) is 70.7 Å². The van der Waals surface area contributed by atoms with Crippen molar-refractivity contribution in [3.05, 3.63) is 90.0 Å². The lowest BCUT2D eigenvalue weighted by molar-refractivity contribution is -0.119. The van der Waals surface area contributed by atoms with Gasteiger partial charge >= 0.3 is 6.03 Å². The summed E-state index contributed by atoms with van der Waals surface area (Å²) in [5, 5.41) is 5.64.